The van der Waals surface area contributed by atoms with Gasteiger partial charge < -0.3 is 11.1 Å². The van der Waals surface area contributed by atoms with Gasteiger partial charge in [-0.05, 0) is 11.0 Å². The van der Waals surface area contributed by atoms with Crippen LogP contribution in [0.4, 0.5) is 11.4 Å². The van der Waals surface area contributed by atoms with E-state index in [0.29, 0.717) is 5.69 Å². The average molecular weight is 229 g/mol. The summed E-state index contributed by atoms with van der Waals surface area (Å²) in [7, 11) is 1.88. The fourth-order valence-electron chi connectivity index (χ4n) is 2.12. The van der Waals surface area contributed by atoms with Crippen molar-refractivity contribution in [2.45, 2.75) is 26.2 Å². The number of nitrogens with zero attached hydrogens (tertiary/aromatic N) is 1. The number of nitrogen functional groups attached to an aromatic ring is 1. The Kier molecular flexibility index (Phi) is 2.69. The van der Waals surface area contributed by atoms with Gasteiger partial charge in [-0.3, -0.25) is 4.98 Å². The Labute approximate surface area is 102 Å². The fraction of sp³-hybridized carbons (Fsp3) is 0.357. The predicted molar refractivity (Wildman–Crippen MR) is 74.4 cm³/mol. The second-order valence-electron chi connectivity index (χ2n) is 5.29. The van der Waals surface area contributed by atoms with E-state index in [1.807, 2.05) is 7.05 Å². The van der Waals surface area contributed by atoms with E-state index in [2.05, 4.69) is 49.3 Å². The van der Waals surface area contributed by atoms with E-state index >= 15 is 0 Å². The average Bonchev–Trinajstić information content (AvgIpc) is 2.26. The molecule has 2 rings (SSSR count). The minimum Gasteiger partial charge on any atom is -0.396 e. The fourth-order valence-corrected chi connectivity index (χ4v) is 2.12. The maximum Gasteiger partial charge on any atom is 0.0761 e. The number of hydrogen-bond donors (Lipinski definition) is 2. The van der Waals surface area contributed by atoms with E-state index in [0.717, 1.165) is 16.6 Å². The van der Waals surface area contributed by atoms with Crippen LogP contribution in [0.1, 0.15) is 26.3 Å². The van der Waals surface area contributed by atoms with Crippen molar-refractivity contribution in [2.75, 3.05) is 18.1 Å². The lowest BCUT2D eigenvalue weighted by atomic mass is 9.85. The highest BCUT2D eigenvalue weighted by atomic mass is 14.9. The van der Waals surface area contributed by atoms with Crippen LogP contribution in [0, 0.1) is 0 Å². The maximum atomic E-state index is 5.93. The van der Waals surface area contributed by atoms with Crippen molar-refractivity contribution in [3.63, 3.8) is 0 Å². The number of hydrogen-bond acceptors (Lipinski definition) is 3. The smallest absolute Gasteiger partial charge is 0.0761 e. The summed E-state index contributed by atoms with van der Waals surface area (Å²) >= 11 is 0. The molecule has 1 heterocycles. The number of nitrogens with one attached hydrogen (secondary N) is 1. The zero-order valence-electron chi connectivity index (χ0n) is 10.8. The number of nitrogens with two attached hydrogens (primary N) is 1. The van der Waals surface area contributed by atoms with Gasteiger partial charge in [-0.25, -0.2) is 0 Å². The summed E-state index contributed by atoms with van der Waals surface area (Å²) in [4.78, 5) is 4.49. The number of aromatic nitrogens is 1. The molecule has 17 heavy (non-hydrogen) atoms. The Morgan fingerprint density at radius 1 is 1.24 bits per heavy atom. The molecule has 0 radical (unpaired) electrons. The SMILES string of the molecule is CNc1c(N)cnc2c(C(C)(C)C)cccc12. The van der Waals surface area contributed by atoms with Gasteiger partial charge >= 0.3 is 0 Å². The number of anilines is 2. The van der Waals surface area contributed by atoms with Crippen molar-refractivity contribution in [3.05, 3.63) is 30.0 Å². The van der Waals surface area contributed by atoms with Gasteiger partial charge in [0, 0.05) is 12.4 Å². The molecule has 0 aliphatic rings. The van der Waals surface area contributed by atoms with E-state index in [1.165, 1.54) is 5.56 Å². The van der Waals surface area contributed by atoms with Gasteiger partial charge in [0.05, 0.1) is 23.1 Å². The number of benzene rings is 1. The highest BCUT2D eigenvalue weighted by molar-refractivity contribution is 5.98. The second-order valence-corrected chi connectivity index (χ2v) is 5.29. The zero-order valence-corrected chi connectivity index (χ0v) is 10.8. The molecule has 2 aromatic rings. The Morgan fingerprint density at radius 3 is 2.53 bits per heavy atom. The summed E-state index contributed by atoms with van der Waals surface area (Å²) in [5, 5.41) is 4.24. The molecular formula is C14H19N3. The first-order valence-electron chi connectivity index (χ1n) is 5.80. The third kappa shape index (κ3) is 1.93. The van der Waals surface area contributed by atoms with E-state index in [-0.39, 0.29) is 5.41 Å². The third-order valence-corrected chi connectivity index (χ3v) is 2.98. The van der Waals surface area contributed by atoms with Crippen LogP contribution >= 0.6 is 0 Å². The molecule has 0 atom stereocenters. The monoisotopic (exact) mass is 229 g/mol. The molecule has 0 fully saturated rings. The van der Waals surface area contributed by atoms with Gasteiger partial charge in [0.1, 0.15) is 0 Å². The summed E-state index contributed by atoms with van der Waals surface area (Å²) in [6.07, 6.45) is 1.73. The normalized spacial score (nSPS) is 11.8. The van der Waals surface area contributed by atoms with Gasteiger partial charge in [0.15, 0.2) is 0 Å². The van der Waals surface area contributed by atoms with Crippen LogP contribution in [0.25, 0.3) is 10.9 Å². The van der Waals surface area contributed by atoms with Crippen LogP contribution in [0.15, 0.2) is 24.4 Å². The van der Waals surface area contributed by atoms with Crippen molar-refractivity contribution in [1.82, 2.24) is 4.98 Å². The largest absolute Gasteiger partial charge is 0.396 e. The minimum absolute atomic E-state index is 0.0770. The summed E-state index contributed by atoms with van der Waals surface area (Å²) in [5.41, 5.74) is 9.92. The lowest BCUT2D eigenvalue weighted by Crippen LogP contribution is -2.12. The van der Waals surface area contributed by atoms with Crippen LogP contribution in [0.5, 0.6) is 0 Å². The summed E-state index contributed by atoms with van der Waals surface area (Å²) in [6.45, 7) is 6.58. The van der Waals surface area contributed by atoms with Crippen LogP contribution in [-0.4, -0.2) is 12.0 Å². The van der Waals surface area contributed by atoms with Gasteiger partial charge in [0.2, 0.25) is 0 Å². The first-order chi connectivity index (χ1) is 7.95. The molecule has 0 aliphatic heterocycles. The van der Waals surface area contributed by atoms with Gasteiger partial charge in [-0.1, -0.05) is 39.0 Å². The van der Waals surface area contributed by atoms with Gasteiger partial charge in [-0.2, -0.15) is 0 Å². The van der Waals surface area contributed by atoms with Crippen molar-refractivity contribution < 1.29 is 0 Å². The zero-order chi connectivity index (χ0) is 12.6. The molecule has 0 unspecified atom stereocenters. The molecular weight excluding hydrogens is 210 g/mol. The van der Waals surface area contributed by atoms with Gasteiger partial charge in [-0.15, -0.1) is 0 Å². The molecule has 1 aromatic heterocycles. The third-order valence-electron chi connectivity index (χ3n) is 2.98. The highest BCUT2D eigenvalue weighted by Gasteiger charge is 2.18. The molecule has 90 valence electrons. The number of pyridine rings is 1. The van der Waals surface area contributed by atoms with Crippen molar-refractivity contribution in [1.29, 1.82) is 0 Å². The highest BCUT2D eigenvalue weighted by Crippen LogP contribution is 2.34. The minimum atomic E-state index is 0.0770. The van der Waals surface area contributed by atoms with Crippen molar-refractivity contribution >= 4 is 22.3 Å². The molecule has 3 nitrogen and oxygen atoms in total. The molecule has 0 aliphatic carbocycles. The number of rotatable bonds is 1. The summed E-state index contributed by atoms with van der Waals surface area (Å²) < 4.78 is 0. The Balaban J connectivity index is 2.84. The van der Waals surface area contributed by atoms with Crippen LogP contribution in [-0.2, 0) is 5.41 Å². The lowest BCUT2D eigenvalue weighted by molar-refractivity contribution is 0.594. The maximum absolute atomic E-state index is 5.93. The Hall–Kier alpha value is -1.77. The molecule has 0 bridgehead atoms. The predicted octanol–water partition coefficient (Wildman–Crippen LogP) is 3.16. The summed E-state index contributed by atoms with van der Waals surface area (Å²) in [6, 6.07) is 6.25. The quantitative estimate of drug-likeness (QED) is 0.789. The molecule has 0 saturated heterocycles. The molecule has 3 N–H and O–H groups in total. The topological polar surface area (TPSA) is 50.9 Å². The first kappa shape index (κ1) is 11.7. The lowest BCUT2D eigenvalue weighted by Gasteiger charge is -2.21. The molecule has 1 aromatic carbocycles. The molecule has 3 heteroatoms. The second kappa shape index (κ2) is 3.91. The van der Waals surface area contributed by atoms with E-state index in [9.17, 15) is 0 Å². The van der Waals surface area contributed by atoms with Gasteiger partial charge in [0.25, 0.3) is 0 Å². The standard InChI is InChI=1S/C14H19N3/c1-14(2,3)10-7-5-6-9-12(10)17-8-11(15)13(9)16-4/h5-8H,15H2,1-4H3,(H,16,17). The Bertz CT molecular complexity index is 553. The van der Waals surface area contributed by atoms with Crippen molar-refractivity contribution in [3.8, 4) is 0 Å². The van der Waals surface area contributed by atoms with E-state index in [1.54, 1.807) is 6.20 Å². The molecule has 0 spiro atoms. The first-order valence-corrected chi connectivity index (χ1v) is 5.80. The summed E-state index contributed by atoms with van der Waals surface area (Å²) in [5.74, 6) is 0. The van der Waals surface area contributed by atoms with Crippen LogP contribution in [0.3, 0.4) is 0 Å². The Morgan fingerprint density at radius 2 is 1.94 bits per heavy atom. The van der Waals surface area contributed by atoms with E-state index in [4.69, 9.17) is 5.73 Å². The number of para-hydroxylation sites is 1. The molecule has 0 amide bonds. The van der Waals surface area contributed by atoms with Crippen LogP contribution in [0.2, 0.25) is 0 Å². The number of fused-ring (bicyclic) bond motifs is 1. The van der Waals surface area contributed by atoms with E-state index < -0.39 is 0 Å². The van der Waals surface area contributed by atoms with Crippen LogP contribution < -0.4 is 11.1 Å². The molecule has 0 saturated carbocycles. The van der Waals surface area contributed by atoms with Crippen molar-refractivity contribution in [2.24, 2.45) is 0 Å².